The van der Waals surface area contributed by atoms with Gasteiger partial charge in [0.1, 0.15) is 0 Å². The van der Waals surface area contributed by atoms with Crippen LogP contribution in [0.25, 0.3) is 0 Å². The smallest absolute Gasteiger partial charge is 0.317 e. The second-order valence-electron chi connectivity index (χ2n) is 4.53. The average molecular weight is 243 g/mol. The summed E-state index contributed by atoms with van der Waals surface area (Å²) in [7, 11) is 0. The summed E-state index contributed by atoms with van der Waals surface area (Å²) in [4.78, 5) is 0. The molecule has 1 aromatic rings. The lowest BCUT2D eigenvalue weighted by Gasteiger charge is -2.08. The Bertz CT molecular complexity index is 386. The summed E-state index contributed by atoms with van der Waals surface area (Å²) in [5.74, 6) is 0.801. The fourth-order valence-corrected chi connectivity index (χ4v) is 2.16. The van der Waals surface area contributed by atoms with Crippen molar-refractivity contribution in [1.29, 1.82) is 0 Å². The van der Waals surface area contributed by atoms with Gasteiger partial charge in [-0.1, -0.05) is 25.1 Å². The maximum Gasteiger partial charge on any atom is 0.416 e. The van der Waals surface area contributed by atoms with Crippen LogP contribution in [-0.2, 0) is 6.18 Å². The molecular formula is C13H16F3N. The molecule has 0 spiro atoms. The monoisotopic (exact) mass is 243 g/mol. The molecule has 0 radical (unpaired) electrons. The summed E-state index contributed by atoms with van der Waals surface area (Å²) < 4.78 is 37.6. The van der Waals surface area contributed by atoms with Crippen LogP contribution >= 0.6 is 0 Å². The molecule has 0 aliphatic heterocycles. The van der Waals surface area contributed by atoms with E-state index in [0.717, 1.165) is 31.1 Å². The molecule has 1 N–H and O–H groups in total. The molecule has 1 nitrogen and oxygen atoms in total. The van der Waals surface area contributed by atoms with Gasteiger partial charge in [0, 0.05) is 0 Å². The minimum atomic E-state index is -4.23. The van der Waals surface area contributed by atoms with E-state index in [1.165, 1.54) is 12.1 Å². The minimum absolute atomic E-state index is 0.302. The van der Waals surface area contributed by atoms with Crippen LogP contribution < -0.4 is 5.32 Å². The zero-order valence-corrected chi connectivity index (χ0v) is 9.72. The number of hydrogen-bond donors (Lipinski definition) is 1. The van der Waals surface area contributed by atoms with E-state index < -0.39 is 11.7 Å². The third kappa shape index (κ3) is 3.00. The van der Waals surface area contributed by atoms with E-state index in [1.807, 2.05) is 6.92 Å². The van der Waals surface area contributed by atoms with Crippen molar-refractivity contribution in [3.05, 3.63) is 35.4 Å². The van der Waals surface area contributed by atoms with Crippen molar-refractivity contribution in [1.82, 2.24) is 5.32 Å². The highest BCUT2D eigenvalue weighted by Gasteiger charge is 2.39. The molecule has 0 heterocycles. The van der Waals surface area contributed by atoms with E-state index in [-0.39, 0.29) is 0 Å². The van der Waals surface area contributed by atoms with Crippen molar-refractivity contribution in [2.75, 3.05) is 13.1 Å². The molecule has 2 atom stereocenters. The van der Waals surface area contributed by atoms with Gasteiger partial charge in [-0.3, -0.25) is 0 Å². The van der Waals surface area contributed by atoms with Gasteiger partial charge in [0.15, 0.2) is 0 Å². The molecule has 1 aliphatic rings. The highest BCUT2D eigenvalue weighted by Crippen LogP contribution is 2.47. The molecule has 2 unspecified atom stereocenters. The van der Waals surface area contributed by atoms with Gasteiger partial charge in [0.25, 0.3) is 0 Å². The molecule has 1 aromatic carbocycles. The standard InChI is InChI=1S/C13H16F3N/c1-2-17-8-10-7-12(10)9-4-3-5-11(6-9)13(14,15)16/h3-6,10,12,17H,2,7-8H2,1H3. The maximum atomic E-state index is 12.5. The molecular weight excluding hydrogens is 227 g/mol. The molecule has 17 heavy (non-hydrogen) atoms. The number of benzene rings is 1. The van der Waals surface area contributed by atoms with Crippen LogP contribution in [0.1, 0.15) is 30.4 Å². The Balaban J connectivity index is 2.04. The van der Waals surface area contributed by atoms with Crippen LogP contribution in [0.15, 0.2) is 24.3 Å². The molecule has 2 rings (SSSR count). The summed E-state index contributed by atoms with van der Waals surface area (Å²) in [6.07, 6.45) is -3.24. The quantitative estimate of drug-likeness (QED) is 0.854. The van der Waals surface area contributed by atoms with E-state index in [9.17, 15) is 13.2 Å². The fourth-order valence-electron chi connectivity index (χ4n) is 2.16. The minimum Gasteiger partial charge on any atom is -0.317 e. The summed E-state index contributed by atoms with van der Waals surface area (Å²) in [5.41, 5.74) is 0.284. The van der Waals surface area contributed by atoms with Gasteiger partial charge in [-0.25, -0.2) is 0 Å². The van der Waals surface area contributed by atoms with Gasteiger partial charge in [-0.2, -0.15) is 13.2 Å². The predicted molar refractivity (Wildman–Crippen MR) is 60.8 cm³/mol. The van der Waals surface area contributed by atoms with Gasteiger partial charge < -0.3 is 5.32 Å². The van der Waals surface area contributed by atoms with Crippen LogP contribution in [0, 0.1) is 5.92 Å². The predicted octanol–water partition coefficient (Wildman–Crippen LogP) is 3.42. The lowest BCUT2D eigenvalue weighted by atomic mass is 10.1. The number of halogens is 3. The Morgan fingerprint density at radius 1 is 1.35 bits per heavy atom. The van der Waals surface area contributed by atoms with Gasteiger partial charge in [0.2, 0.25) is 0 Å². The zero-order chi connectivity index (χ0) is 12.5. The highest BCUT2D eigenvalue weighted by molar-refractivity contribution is 5.32. The van der Waals surface area contributed by atoms with Crippen LogP contribution in [0.5, 0.6) is 0 Å². The van der Waals surface area contributed by atoms with E-state index in [0.29, 0.717) is 11.8 Å². The largest absolute Gasteiger partial charge is 0.416 e. The van der Waals surface area contributed by atoms with Crippen molar-refractivity contribution in [2.45, 2.75) is 25.4 Å². The Morgan fingerprint density at radius 3 is 2.76 bits per heavy atom. The van der Waals surface area contributed by atoms with Crippen LogP contribution in [0.2, 0.25) is 0 Å². The fraction of sp³-hybridized carbons (Fsp3) is 0.538. The van der Waals surface area contributed by atoms with Gasteiger partial charge in [-0.05, 0) is 43.0 Å². The molecule has 1 saturated carbocycles. The molecule has 94 valence electrons. The first-order valence-corrected chi connectivity index (χ1v) is 5.90. The molecule has 0 amide bonds. The molecule has 1 fully saturated rings. The molecule has 0 saturated heterocycles. The van der Waals surface area contributed by atoms with Crippen molar-refractivity contribution < 1.29 is 13.2 Å². The Morgan fingerprint density at radius 2 is 2.12 bits per heavy atom. The van der Waals surface area contributed by atoms with Crippen LogP contribution in [0.3, 0.4) is 0 Å². The third-order valence-electron chi connectivity index (χ3n) is 3.22. The van der Waals surface area contributed by atoms with E-state index in [4.69, 9.17) is 0 Å². The zero-order valence-electron chi connectivity index (χ0n) is 9.72. The molecule has 1 aliphatic carbocycles. The normalized spacial score (nSPS) is 23.8. The van der Waals surface area contributed by atoms with E-state index in [2.05, 4.69) is 5.32 Å². The van der Waals surface area contributed by atoms with E-state index >= 15 is 0 Å². The number of rotatable bonds is 4. The third-order valence-corrected chi connectivity index (χ3v) is 3.22. The first kappa shape index (κ1) is 12.4. The van der Waals surface area contributed by atoms with Crippen molar-refractivity contribution >= 4 is 0 Å². The van der Waals surface area contributed by atoms with Crippen LogP contribution in [0.4, 0.5) is 13.2 Å². The Hall–Kier alpha value is -1.03. The lowest BCUT2D eigenvalue weighted by Crippen LogP contribution is -2.16. The first-order chi connectivity index (χ1) is 8.02. The molecule has 0 aromatic heterocycles. The molecule has 0 bridgehead atoms. The first-order valence-electron chi connectivity index (χ1n) is 5.90. The van der Waals surface area contributed by atoms with Crippen molar-refractivity contribution in [3.8, 4) is 0 Å². The summed E-state index contributed by atoms with van der Waals surface area (Å²) in [5, 5.41) is 3.23. The summed E-state index contributed by atoms with van der Waals surface area (Å²) >= 11 is 0. The Labute approximate surface area is 99.0 Å². The lowest BCUT2D eigenvalue weighted by molar-refractivity contribution is -0.137. The SMILES string of the molecule is CCNCC1CC1c1cccc(C(F)(F)F)c1. The highest BCUT2D eigenvalue weighted by atomic mass is 19.4. The molecule has 4 heteroatoms. The number of hydrogen-bond acceptors (Lipinski definition) is 1. The number of alkyl halides is 3. The summed E-state index contributed by atoms with van der Waals surface area (Å²) in [6, 6.07) is 5.72. The van der Waals surface area contributed by atoms with Crippen molar-refractivity contribution in [3.63, 3.8) is 0 Å². The number of nitrogens with one attached hydrogen (secondary N) is 1. The second kappa shape index (κ2) is 4.69. The van der Waals surface area contributed by atoms with E-state index in [1.54, 1.807) is 6.07 Å². The van der Waals surface area contributed by atoms with Gasteiger partial charge in [0.05, 0.1) is 5.56 Å². The van der Waals surface area contributed by atoms with Crippen molar-refractivity contribution in [2.24, 2.45) is 5.92 Å². The maximum absolute atomic E-state index is 12.5. The average Bonchev–Trinajstić information content (AvgIpc) is 3.05. The second-order valence-corrected chi connectivity index (χ2v) is 4.53. The topological polar surface area (TPSA) is 12.0 Å². The Kier molecular flexibility index (Phi) is 3.43. The van der Waals surface area contributed by atoms with Crippen LogP contribution in [-0.4, -0.2) is 13.1 Å². The van der Waals surface area contributed by atoms with Gasteiger partial charge >= 0.3 is 6.18 Å². The van der Waals surface area contributed by atoms with Gasteiger partial charge in [-0.15, -0.1) is 0 Å². The summed E-state index contributed by atoms with van der Waals surface area (Å²) in [6.45, 7) is 3.84.